The molecule has 2 aliphatic heterocycles. The summed E-state index contributed by atoms with van der Waals surface area (Å²) in [7, 11) is 0. The van der Waals surface area contributed by atoms with Crippen LogP contribution in [0.1, 0.15) is 34.7 Å². The van der Waals surface area contributed by atoms with Crippen molar-refractivity contribution in [2.45, 2.75) is 37.2 Å². The topological polar surface area (TPSA) is 54.3 Å². The summed E-state index contributed by atoms with van der Waals surface area (Å²) in [5.74, 6) is 0.705. The normalized spacial score (nSPS) is 22.6. The first kappa shape index (κ1) is 17.7. The van der Waals surface area contributed by atoms with Gasteiger partial charge in [0.1, 0.15) is 11.1 Å². The molecule has 6 nitrogen and oxygen atoms in total. The fraction of sp³-hybridized carbons (Fsp3) is 0.526. The Hall–Kier alpha value is -1.70. The first-order chi connectivity index (χ1) is 12.6. The van der Waals surface area contributed by atoms with Gasteiger partial charge in [-0.05, 0) is 26.0 Å². The molecule has 0 bridgehead atoms. The van der Waals surface area contributed by atoms with Crippen molar-refractivity contribution in [1.29, 1.82) is 0 Å². The van der Waals surface area contributed by atoms with Crippen LogP contribution in [0.4, 0.5) is 0 Å². The molecule has 1 aromatic carbocycles. The van der Waals surface area contributed by atoms with Gasteiger partial charge in [0.2, 0.25) is 0 Å². The van der Waals surface area contributed by atoms with Gasteiger partial charge in [-0.2, -0.15) is 4.68 Å². The maximum absolute atomic E-state index is 13.1. The van der Waals surface area contributed by atoms with Crippen molar-refractivity contribution < 1.29 is 4.79 Å². The van der Waals surface area contributed by atoms with Gasteiger partial charge >= 0.3 is 0 Å². The molecule has 0 N–H and O–H groups in total. The van der Waals surface area contributed by atoms with Crippen molar-refractivity contribution in [3.8, 4) is 0 Å². The summed E-state index contributed by atoms with van der Waals surface area (Å²) in [5.41, 5.74) is 2.44. The van der Waals surface area contributed by atoms with Gasteiger partial charge in [0.05, 0.1) is 6.04 Å². The Kier molecular flexibility index (Phi) is 4.86. The zero-order valence-corrected chi connectivity index (χ0v) is 16.4. The van der Waals surface area contributed by atoms with E-state index in [1.807, 2.05) is 6.92 Å². The molecule has 0 spiro atoms. The first-order valence-electron chi connectivity index (χ1n) is 9.24. The number of hydrogen-bond acceptors (Lipinski definition) is 6. The SMILES string of the molecule is CCN1CCN(C(c2ccc(C)cc2)C2Sc3nc(C)nn3C2=O)CC1. The van der Waals surface area contributed by atoms with Crippen molar-refractivity contribution in [2.75, 3.05) is 32.7 Å². The largest absolute Gasteiger partial charge is 0.301 e. The van der Waals surface area contributed by atoms with Gasteiger partial charge < -0.3 is 4.90 Å². The maximum Gasteiger partial charge on any atom is 0.264 e. The smallest absolute Gasteiger partial charge is 0.264 e. The highest BCUT2D eigenvalue weighted by molar-refractivity contribution is 8.00. The molecular weight excluding hydrogens is 346 g/mol. The van der Waals surface area contributed by atoms with E-state index in [2.05, 4.69) is 58.0 Å². The number of carbonyl (C=O) groups is 1. The third-order valence-electron chi connectivity index (χ3n) is 5.32. The standard InChI is InChI=1S/C19H25N5OS/c1-4-22-9-11-23(12-10-22)16(15-7-5-13(2)6-8-15)17-18(25)24-19(26-17)20-14(3)21-24/h5-8,16-17H,4,9-12H2,1-3H3. The van der Waals surface area contributed by atoms with Gasteiger partial charge in [0.15, 0.2) is 5.16 Å². The van der Waals surface area contributed by atoms with Crippen LogP contribution in [-0.4, -0.2) is 68.4 Å². The number of likely N-dealkylation sites (N-methyl/N-ethyl adjacent to an activating group) is 1. The lowest BCUT2D eigenvalue weighted by atomic mass is 9.99. The van der Waals surface area contributed by atoms with E-state index in [4.69, 9.17) is 0 Å². The molecule has 4 rings (SSSR count). The van der Waals surface area contributed by atoms with Gasteiger partial charge in [-0.3, -0.25) is 9.69 Å². The number of aryl methyl sites for hydroxylation is 2. The van der Waals surface area contributed by atoms with Crippen molar-refractivity contribution in [3.05, 3.63) is 41.2 Å². The number of piperazine rings is 1. The Morgan fingerprint density at radius 2 is 1.85 bits per heavy atom. The lowest BCUT2D eigenvalue weighted by Gasteiger charge is -2.40. The number of carbonyl (C=O) groups excluding carboxylic acids is 1. The van der Waals surface area contributed by atoms with Crippen LogP contribution in [-0.2, 0) is 0 Å². The third kappa shape index (κ3) is 3.19. The van der Waals surface area contributed by atoms with E-state index in [9.17, 15) is 4.79 Å². The Bertz CT molecular complexity index is 795. The number of fused-ring (bicyclic) bond motifs is 1. The number of nitrogens with zero attached hydrogens (tertiary/aromatic N) is 5. The fourth-order valence-electron chi connectivity index (χ4n) is 3.80. The summed E-state index contributed by atoms with van der Waals surface area (Å²) in [6.07, 6.45) is 0. The molecule has 1 saturated heterocycles. The summed E-state index contributed by atoms with van der Waals surface area (Å²) in [4.78, 5) is 22.4. The minimum Gasteiger partial charge on any atom is -0.301 e. The molecule has 2 aromatic rings. The molecule has 0 saturated carbocycles. The average Bonchev–Trinajstić information content (AvgIpc) is 3.15. The van der Waals surface area contributed by atoms with Gasteiger partial charge in [-0.25, -0.2) is 4.98 Å². The number of hydrogen-bond donors (Lipinski definition) is 0. The van der Waals surface area contributed by atoms with Crippen molar-refractivity contribution >= 4 is 17.7 Å². The highest BCUT2D eigenvalue weighted by atomic mass is 32.2. The van der Waals surface area contributed by atoms with E-state index < -0.39 is 0 Å². The van der Waals surface area contributed by atoms with Gasteiger partial charge in [0.25, 0.3) is 5.91 Å². The lowest BCUT2D eigenvalue weighted by molar-refractivity contribution is 0.0739. The number of aromatic nitrogens is 3. The van der Waals surface area contributed by atoms with Crippen LogP contribution < -0.4 is 0 Å². The Morgan fingerprint density at radius 3 is 2.46 bits per heavy atom. The van der Waals surface area contributed by atoms with E-state index >= 15 is 0 Å². The highest BCUT2D eigenvalue weighted by Crippen LogP contribution is 2.41. The molecule has 2 aliphatic rings. The van der Waals surface area contributed by atoms with E-state index in [1.165, 1.54) is 15.8 Å². The monoisotopic (exact) mass is 371 g/mol. The molecule has 138 valence electrons. The molecule has 3 heterocycles. The van der Waals surface area contributed by atoms with Crippen LogP contribution >= 0.6 is 11.8 Å². The fourth-order valence-corrected chi connectivity index (χ4v) is 5.10. The van der Waals surface area contributed by atoms with Crippen molar-refractivity contribution in [2.24, 2.45) is 0 Å². The summed E-state index contributed by atoms with van der Waals surface area (Å²) in [5, 5.41) is 4.82. The third-order valence-corrected chi connectivity index (χ3v) is 6.51. The molecule has 7 heteroatoms. The first-order valence-corrected chi connectivity index (χ1v) is 10.1. The summed E-state index contributed by atoms with van der Waals surface area (Å²) >= 11 is 1.56. The van der Waals surface area contributed by atoms with E-state index in [-0.39, 0.29) is 17.2 Å². The zero-order valence-electron chi connectivity index (χ0n) is 15.6. The Morgan fingerprint density at radius 1 is 1.15 bits per heavy atom. The van der Waals surface area contributed by atoms with Gasteiger partial charge in [0, 0.05) is 26.2 Å². The van der Waals surface area contributed by atoms with Crippen LogP contribution in [0.3, 0.4) is 0 Å². The molecule has 0 radical (unpaired) electrons. The quantitative estimate of drug-likeness (QED) is 0.823. The molecule has 0 aliphatic carbocycles. The van der Waals surface area contributed by atoms with Crippen LogP contribution in [0.5, 0.6) is 0 Å². The minimum absolute atomic E-state index is 0.0501. The van der Waals surface area contributed by atoms with Gasteiger partial charge in [-0.15, -0.1) is 5.10 Å². The Labute approximate surface area is 158 Å². The van der Waals surface area contributed by atoms with Crippen LogP contribution in [0, 0.1) is 13.8 Å². The minimum atomic E-state index is -0.193. The molecule has 1 aromatic heterocycles. The van der Waals surface area contributed by atoms with Crippen molar-refractivity contribution in [3.63, 3.8) is 0 Å². The van der Waals surface area contributed by atoms with Crippen LogP contribution in [0.2, 0.25) is 0 Å². The second-order valence-corrected chi connectivity index (χ2v) is 8.16. The molecule has 26 heavy (non-hydrogen) atoms. The number of benzene rings is 1. The van der Waals surface area contributed by atoms with E-state index in [0.29, 0.717) is 5.82 Å². The van der Waals surface area contributed by atoms with Gasteiger partial charge in [-0.1, -0.05) is 48.5 Å². The lowest BCUT2D eigenvalue weighted by Crippen LogP contribution is -2.50. The van der Waals surface area contributed by atoms with Crippen molar-refractivity contribution in [1.82, 2.24) is 24.6 Å². The summed E-state index contributed by atoms with van der Waals surface area (Å²) in [6, 6.07) is 8.65. The second kappa shape index (κ2) is 7.13. The predicted octanol–water partition coefficient (Wildman–Crippen LogP) is 2.39. The van der Waals surface area contributed by atoms with Crippen LogP contribution in [0.15, 0.2) is 29.4 Å². The number of thioether (sulfide) groups is 1. The highest BCUT2D eigenvalue weighted by Gasteiger charge is 2.43. The predicted molar refractivity (Wildman–Crippen MR) is 103 cm³/mol. The summed E-state index contributed by atoms with van der Waals surface area (Å²) in [6.45, 7) is 11.3. The molecular formula is C19H25N5OS. The summed E-state index contributed by atoms with van der Waals surface area (Å²) < 4.78 is 1.49. The average molecular weight is 372 g/mol. The molecule has 2 atom stereocenters. The van der Waals surface area contributed by atoms with Crippen LogP contribution in [0.25, 0.3) is 0 Å². The van der Waals surface area contributed by atoms with E-state index in [0.717, 1.165) is 37.9 Å². The molecule has 2 unspecified atom stereocenters. The number of rotatable bonds is 4. The van der Waals surface area contributed by atoms with E-state index in [1.54, 1.807) is 11.8 Å². The molecule has 0 amide bonds. The maximum atomic E-state index is 13.1. The molecule has 1 fully saturated rings. The zero-order chi connectivity index (χ0) is 18.3. The second-order valence-electron chi connectivity index (χ2n) is 7.06. The Balaban J connectivity index is 1.64.